The lowest BCUT2D eigenvalue weighted by Crippen LogP contribution is -2.39. The van der Waals surface area contributed by atoms with Gasteiger partial charge in [-0.1, -0.05) is 31.9 Å². The third-order valence-electron chi connectivity index (χ3n) is 4.04. The molecule has 17 heavy (non-hydrogen) atoms. The minimum absolute atomic E-state index is 0.136. The van der Waals surface area contributed by atoms with Gasteiger partial charge in [0.15, 0.2) is 0 Å². The highest BCUT2D eigenvalue weighted by molar-refractivity contribution is 5.79. The molecule has 0 heterocycles. The van der Waals surface area contributed by atoms with Crippen LogP contribution >= 0.6 is 0 Å². The molecule has 1 amide bonds. The summed E-state index contributed by atoms with van der Waals surface area (Å²) in [5, 5.41) is 12.1. The fourth-order valence-corrected chi connectivity index (χ4v) is 2.99. The van der Waals surface area contributed by atoms with Gasteiger partial charge in [0.1, 0.15) is 0 Å². The van der Waals surface area contributed by atoms with Gasteiger partial charge in [-0.05, 0) is 25.2 Å². The second kappa shape index (κ2) is 5.67. The van der Waals surface area contributed by atoms with Crippen molar-refractivity contribution in [3.05, 3.63) is 12.2 Å². The summed E-state index contributed by atoms with van der Waals surface area (Å²) in [6.45, 7) is 2.42. The van der Waals surface area contributed by atoms with Gasteiger partial charge >= 0.3 is 0 Å². The van der Waals surface area contributed by atoms with E-state index in [1.165, 1.54) is 12.8 Å². The number of rotatable bonds is 3. The summed E-state index contributed by atoms with van der Waals surface area (Å²) in [7, 11) is 0. The molecule has 2 N–H and O–H groups in total. The smallest absolute Gasteiger partial charge is 0.223 e. The average Bonchev–Trinajstić information content (AvgIpc) is 2.77. The molecule has 2 aliphatic carbocycles. The average molecular weight is 237 g/mol. The first kappa shape index (κ1) is 12.6. The van der Waals surface area contributed by atoms with Crippen molar-refractivity contribution in [1.82, 2.24) is 5.32 Å². The Morgan fingerprint density at radius 1 is 1.35 bits per heavy atom. The Kier molecular flexibility index (Phi) is 4.21. The molecule has 3 nitrogen and oxygen atoms in total. The number of nitrogens with one attached hydrogen (secondary N) is 1. The van der Waals surface area contributed by atoms with Crippen molar-refractivity contribution in [3.8, 4) is 0 Å². The van der Waals surface area contributed by atoms with Crippen molar-refractivity contribution in [2.24, 2.45) is 17.8 Å². The van der Waals surface area contributed by atoms with Gasteiger partial charge in [0, 0.05) is 24.5 Å². The van der Waals surface area contributed by atoms with Crippen LogP contribution in [0.5, 0.6) is 0 Å². The summed E-state index contributed by atoms with van der Waals surface area (Å²) in [5.74, 6) is 1.33. The number of aliphatic hydroxyl groups excluding tert-OH is 1. The third-order valence-corrected chi connectivity index (χ3v) is 4.04. The van der Waals surface area contributed by atoms with Crippen molar-refractivity contribution in [2.45, 2.75) is 45.1 Å². The van der Waals surface area contributed by atoms with Gasteiger partial charge in [-0.25, -0.2) is 0 Å². The number of amides is 1. The number of aliphatic hydroxyl groups is 1. The molecule has 96 valence electrons. The molecule has 1 saturated carbocycles. The molecule has 2 unspecified atom stereocenters. The molecule has 0 spiro atoms. The number of carbonyl (C=O) groups is 1. The van der Waals surface area contributed by atoms with Crippen LogP contribution in [0.25, 0.3) is 0 Å². The minimum atomic E-state index is 0.136. The van der Waals surface area contributed by atoms with Gasteiger partial charge in [-0.2, -0.15) is 0 Å². The zero-order chi connectivity index (χ0) is 12.3. The predicted molar refractivity (Wildman–Crippen MR) is 67.4 cm³/mol. The number of carbonyl (C=O) groups excluding carboxylic acids is 1. The first-order valence-corrected chi connectivity index (χ1v) is 6.78. The van der Waals surface area contributed by atoms with Crippen LogP contribution in [0.1, 0.15) is 39.0 Å². The Hall–Kier alpha value is -0.830. The van der Waals surface area contributed by atoms with Crippen molar-refractivity contribution in [1.29, 1.82) is 0 Å². The van der Waals surface area contributed by atoms with Crippen molar-refractivity contribution < 1.29 is 9.90 Å². The first-order chi connectivity index (χ1) is 8.19. The highest BCUT2D eigenvalue weighted by Gasteiger charge is 2.27. The molecule has 3 heteroatoms. The van der Waals surface area contributed by atoms with Gasteiger partial charge in [0.25, 0.3) is 0 Å². The van der Waals surface area contributed by atoms with E-state index in [1.54, 1.807) is 0 Å². The van der Waals surface area contributed by atoms with Gasteiger partial charge in [0.2, 0.25) is 5.91 Å². The topological polar surface area (TPSA) is 49.3 Å². The molecule has 0 aliphatic heterocycles. The molecular formula is C14H23NO2. The van der Waals surface area contributed by atoms with E-state index in [2.05, 4.69) is 12.2 Å². The Morgan fingerprint density at radius 2 is 2.18 bits per heavy atom. The first-order valence-electron chi connectivity index (χ1n) is 6.78. The summed E-state index contributed by atoms with van der Waals surface area (Å²) in [6.07, 6.45) is 9.39. The Balaban J connectivity index is 1.79. The van der Waals surface area contributed by atoms with E-state index in [9.17, 15) is 4.79 Å². The molecule has 4 atom stereocenters. The van der Waals surface area contributed by atoms with E-state index in [4.69, 9.17) is 5.11 Å². The van der Waals surface area contributed by atoms with Gasteiger partial charge in [-0.3, -0.25) is 4.79 Å². The molecule has 0 aromatic carbocycles. The molecule has 0 saturated heterocycles. The fourth-order valence-electron chi connectivity index (χ4n) is 2.99. The SMILES string of the molecule is CC1CCCC(C(=O)N[C@@H]2C=C[C@H](CO)C2)C1. The maximum absolute atomic E-state index is 12.1. The van der Waals surface area contributed by atoms with E-state index in [0.717, 1.165) is 19.3 Å². The predicted octanol–water partition coefficient (Wildman–Crippen LogP) is 1.87. The second-order valence-electron chi connectivity index (χ2n) is 5.65. The van der Waals surface area contributed by atoms with E-state index >= 15 is 0 Å². The van der Waals surface area contributed by atoms with E-state index < -0.39 is 0 Å². The Labute approximate surface area is 103 Å². The number of hydrogen-bond donors (Lipinski definition) is 2. The Bertz CT molecular complexity index is 301. The molecule has 0 bridgehead atoms. The lowest BCUT2D eigenvalue weighted by molar-refractivity contribution is -0.126. The minimum Gasteiger partial charge on any atom is -0.396 e. The highest BCUT2D eigenvalue weighted by Crippen LogP contribution is 2.29. The lowest BCUT2D eigenvalue weighted by Gasteiger charge is -2.27. The summed E-state index contributed by atoms with van der Waals surface area (Å²) in [6, 6.07) is 0.136. The maximum atomic E-state index is 12.1. The zero-order valence-electron chi connectivity index (χ0n) is 10.6. The maximum Gasteiger partial charge on any atom is 0.223 e. The Morgan fingerprint density at radius 3 is 2.82 bits per heavy atom. The standard InChI is InChI=1S/C14H23NO2/c1-10-3-2-4-12(7-10)14(17)15-13-6-5-11(8-13)9-16/h5-6,10-13,16H,2-4,7-9H2,1H3,(H,15,17)/t10?,11-,12?,13+/m0/s1. The summed E-state index contributed by atoms with van der Waals surface area (Å²) in [4.78, 5) is 12.1. The quantitative estimate of drug-likeness (QED) is 0.736. The van der Waals surface area contributed by atoms with Gasteiger partial charge in [-0.15, -0.1) is 0 Å². The van der Waals surface area contributed by atoms with Crippen LogP contribution < -0.4 is 5.32 Å². The van der Waals surface area contributed by atoms with Crippen LogP contribution in [0.2, 0.25) is 0 Å². The molecular weight excluding hydrogens is 214 g/mol. The molecule has 0 aromatic heterocycles. The van der Waals surface area contributed by atoms with Crippen LogP contribution in [0.3, 0.4) is 0 Å². The van der Waals surface area contributed by atoms with Crippen molar-refractivity contribution >= 4 is 5.91 Å². The molecule has 0 radical (unpaired) electrons. The number of hydrogen-bond acceptors (Lipinski definition) is 2. The highest BCUT2D eigenvalue weighted by atomic mass is 16.3. The van der Waals surface area contributed by atoms with Gasteiger partial charge in [0.05, 0.1) is 0 Å². The summed E-state index contributed by atoms with van der Waals surface area (Å²) in [5.41, 5.74) is 0. The fraction of sp³-hybridized carbons (Fsp3) is 0.786. The van der Waals surface area contributed by atoms with E-state index in [-0.39, 0.29) is 30.4 Å². The van der Waals surface area contributed by atoms with Gasteiger partial charge < -0.3 is 10.4 Å². The lowest BCUT2D eigenvalue weighted by atomic mass is 9.82. The molecule has 2 rings (SSSR count). The van der Waals surface area contributed by atoms with E-state index in [1.807, 2.05) is 12.2 Å². The normalized spacial score (nSPS) is 37.1. The van der Waals surface area contributed by atoms with E-state index in [0.29, 0.717) is 5.92 Å². The van der Waals surface area contributed by atoms with Crippen molar-refractivity contribution in [2.75, 3.05) is 6.61 Å². The van der Waals surface area contributed by atoms with Crippen LogP contribution in [-0.2, 0) is 4.79 Å². The van der Waals surface area contributed by atoms with Crippen LogP contribution in [-0.4, -0.2) is 23.7 Å². The van der Waals surface area contributed by atoms with Crippen molar-refractivity contribution in [3.63, 3.8) is 0 Å². The molecule has 1 fully saturated rings. The summed E-state index contributed by atoms with van der Waals surface area (Å²) < 4.78 is 0. The largest absolute Gasteiger partial charge is 0.396 e. The van der Waals surface area contributed by atoms with Crippen LogP contribution in [0.4, 0.5) is 0 Å². The molecule has 2 aliphatic rings. The third kappa shape index (κ3) is 3.32. The zero-order valence-corrected chi connectivity index (χ0v) is 10.6. The van der Waals surface area contributed by atoms with Crippen LogP contribution in [0.15, 0.2) is 12.2 Å². The second-order valence-corrected chi connectivity index (χ2v) is 5.65. The monoisotopic (exact) mass is 237 g/mol. The molecule has 0 aromatic rings. The van der Waals surface area contributed by atoms with Crippen LogP contribution in [0, 0.1) is 17.8 Å². The summed E-state index contributed by atoms with van der Waals surface area (Å²) >= 11 is 0.